The van der Waals surface area contributed by atoms with E-state index in [2.05, 4.69) is 21.8 Å². The van der Waals surface area contributed by atoms with Gasteiger partial charge in [0.15, 0.2) is 5.13 Å². The van der Waals surface area contributed by atoms with E-state index in [1.54, 1.807) is 17.5 Å². The highest BCUT2D eigenvalue weighted by atomic mass is 32.1. The Kier molecular flexibility index (Phi) is 2.96. The van der Waals surface area contributed by atoms with Gasteiger partial charge in [0.2, 0.25) is 0 Å². The SMILES string of the molecule is CN1CCCC2CN(c3ncc(N)s3)CCC21. The van der Waals surface area contributed by atoms with Gasteiger partial charge >= 0.3 is 0 Å². The first-order valence-electron chi connectivity index (χ1n) is 6.40. The first kappa shape index (κ1) is 11.3. The van der Waals surface area contributed by atoms with Crippen LogP contribution in [0.4, 0.5) is 10.1 Å². The molecule has 2 unspecified atom stereocenters. The van der Waals surface area contributed by atoms with Crippen LogP contribution in [-0.4, -0.2) is 42.6 Å². The Hall–Kier alpha value is -0.810. The molecule has 0 radical (unpaired) electrons. The van der Waals surface area contributed by atoms with E-state index in [1.807, 2.05) is 0 Å². The third-order valence-electron chi connectivity index (χ3n) is 4.13. The Morgan fingerprint density at radius 2 is 2.29 bits per heavy atom. The first-order valence-corrected chi connectivity index (χ1v) is 7.22. The lowest BCUT2D eigenvalue weighted by molar-refractivity contribution is 0.102. The van der Waals surface area contributed by atoms with Gasteiger partial charge in [-0.3, -0.25) is 0 Å². The number of anilines is 2. The summed E-state index contributed by atoms with van der Waals surface area (Å²) in [6, 6.07) is 0.789. The summed E-state index contributed by atoms with van der Waals surface area (Å²) >= 11 is 1.61. The van der Waals surface area contributed by atoms with Crippen molar-refractivity contribution in [2.45, 2.75) is 25.3 Å². The molecule has 94 valence electrons. The van der Waals surface area contributed by atoms with E-state index in [9.17, 15) is 0 Å². The van der Waals surface area contributed by atoms with Crippen molar-refractivity contribution in [1.82, 2.24) is 9.88 Å². The summed E-state index contributed by atoms with van der Waals surface area (Å²) in [5.41, 5.74) is 5.76. The molecule has 3 rings (SSSR count). The zero-order valence-corrected chi connectivity index (χ0v) is 11.1. The Morgan fingerprint density at radius 1 is 1.41 bits per heavy atom. The average molecular weight is 252 g/mol. The van der Waals surface area contributed by atoms with E-state index in [-0.39, 0.29) is 0 Å². The van der Waals surface area contributed by atoms with Gasteiger partial charge in [-0.2, -0.15) is 0 Å². The predicted octanol–water partition coefficient (Wildman–Crippen LogP) is 1.65. The van der Waals surface area contributed by atoms with Crippen molar-refractivity contribution < 1.29 is 0 Å². The highest BCUT2D eigenvalue weighted by Gasteiger charge is 2.34. The van der Waals surface area contributed by atoms with Crippen molar-refractivity contribution in [1.29, 1.82) is 0 Å². The molecule has 0 aliphatic carbocycles. The maximum absolute atomic E-state index is 5.76. The Balaban J connectivity index is 1.71. The number of rotatable bonds is 1. The normalized spacial score (nSPS) is 30.3. The van der Waals surface area contributed by atoms with Gasteiger partial charge in [-0.1, -0.05) is 11.3 Å². The molecule has 2 saturated heterocycles. The van der Waals surface area contributed by atoms with Crippen molar-refractivity contribution >= 4 is 21.5 Å². The maximum atomic E-state index is 5.76. The number of hydrogen-bond donors (Lipinski definition) is 1. The van der Waals surface area contributed by atoms with Gasteiger partial charge in [0.05, 0.1) is 6.20 Å². The summed E-state index contributed by atoms with van der Waals surface area (Å²) in [5, 5.41) is 1.93. The van der Waals surface area contributed by atoms with Gasteiger partial charge in [0, 0.05) is 19.1 Å². The molecule has 2 aliphatic heterocycles. The Bertz CT molecular complexity index is 392. The second kappa shape index (κ2) is 4.46. The highest BCUT2D eigenvalue weighted by Crippen LogP contribution is 2.33. The Labute approximate surface area is 106 Å². The highest BCUT2D eigenvalue weighted by molar-refractivity contribution is 7.19. The molecule has 0 spiro atoms. The topological polar surface area (TPSA) is 45.4 Å². The number of nitrogens with two attached hydrogens (primary N) is 1. The fourth-order valence-corrected chi connectivity index (χ4v) is 3.97. The lowest BCUT2D eigenvalue weighted by Crippen LogP contribution is -2.52. The predicted molar refractivity (Wildman–Crippen MR) is 72.5 cm³/mol. The van der Waals surface area contributed by atoms with Crippen molar-refractivity contribution in [2.75, 3.05) is 37.3 Å². The quantitative estimate of drug-likeness (QED) is 0.825. The van der Waals surface area contributed by atoms with Gasteiger partial charge in [-0.05, 0) is 38.8 Å². The second-order valence-corrected chi connectivity index (χ2v) is 6.27. The molecule has 2 atom stereocenters. The minimum absolute atomic E-state index is 0.789. The summed E-state index contributed by atoms with van der Waals surface area (Å²) in [6.45, 7) is 3.55. The van der Waals surface area contributed by atoms with Crippen LogP contribution in [-0.2, 0) is 0 Å². The van der Waals surface area contributed by atoms with Gasteiger partial charge in [0.25, 0.3) is 0 Å². The lowest BCUT2D eigenvalue weighted by Gasteiger charge is -2.45. The molecule has 5 heteroatoms. The number of aromatic nitrogens is 1. The molecule has 3 heterocycles. The fraction of sp³-hybridized carbons (Fsp3) is 0.750. The molecule has 17 heavy (non-hydrogen) atoms. The van der Waals surface area contributed by atoms with E-state index in [4.69, 9.17) is 5.73 Å². The van der Waals surface area contributed by atoms with Crippen LogP contribution in [0.1, 0.15) is 19.3 Å². The van der Waals surface area contributed by atoms with Crippen LogP contribution in [0.2, 0.25) is 0 Å². The number of likely N-dealkylation sites (tertiary alicyclic amines) is 1. The molecular weight excluding hydrogens is 232 g/mol. The minimum Gasteiger partial charge on any atom is -0.389 e. The Morgan fingerprint density at radius 3 is 3.06 bits per heavy atom. The third-order valence-corrected chi connectivity index (χ3v) is 5.01. The number of hydrogen-bond acceptors (Lipinski definition) is 5. The summed E-state index contributed by atoms with van der Waals surface area (Å²) in [6.07, 6.45) is 5.75. The van der Waals surface area contributed by atoms with Crippen molar-refractivity contribution in [3.05, 3.63) is 6.20 Å². The molecule has 0 saturated carbocycles. The van der Waals surface area contributed by atoms with Gasteiger partial charge < -0.3 is 15.5 Å². The molecular formula is C12H20N4S. The van der Waals surface area contributed by atoms with Crippen LogP contribution >= 0.6 is 11.3 Å². The smallest absolute Gasteiger partial charge is 0.187 e. The number of nitrogens with zero attached hydrogens (tertiary/aromatic N) is 3. The van der Waals surface area contributed by atoms with Gasteiger partial charge in [-0.25, -0.2) is 4.98 Å². The number of nitrogen functional groups attached to an aromatic ring is 1. The van der Waals surface area contributed by atoms with Crippen LogP contribution in [0.5, 0.6) is 0 Å². The van der Waals surface area contributed by atoms with Crippen molar-refractivity contribution in [3.8, 4) is 0 Å². The molecule has 1 aromatic rings. The van der Waals surface area contributed by atoms with Gasteiger partial charge in [0.1, 0.15) is 5.00 Å². The molecule has 1 aromatic heterocycles. The first-order chi connectivity index (χ1) is 8.24. The van der Waals surface area contributed by atoms with Crippen LogP contribution in [0, 0.1) is 5.92 Å². The van der Waals surface area contributed by atoms with Crippen LogP contribution < -0.4 is 10.6 Å². The second-order valence-electron chi connectivity index (χ2n) is 5.23. The lowest BCUT2D eigenvalue weighted by atomic mass is 9.84. The fourth-order valence-electron chi connectivity index (χ4n) is 3.25. The molecule has 4 nitrogen and oxygen atoms in total. The molecule has 2 aliphatic rings. The summed E-state index contributed by atoms with van der Waals surface area (Å²) in [5.74, 6) is 0.813. The maximum Gasteiger partial charge on any atom is 0.187 e. The zero-order chi connectivity index (χ0) is 11.8. The molecule has 0 bridgehead atoms. The monoisotopic (exact) mass is 252 g/mol. The van der Waals surface area contributed by atoms with Crippen LogP contribution in [0.3, 0.4) is 0 Å². The molecule has 2 fully saturated rings. The third kappa shape index (κ3) is 2.13. The minimum atomic E-state index is 0.789. The van der Waals surface area contributed by atoms with E-state index in [0.29, 0.717) is 0 Å². The molecule has 0 aromatic carbocycles. The zero-order valence-electron chi connectivity index (χ0n) is 10.3. The average Bonchev–Trinajstić information content (AvgIpc) is 2.76. The standard InChI is InChI=1S/C12H20N4S/c1-15-5-2-3-9-8-16(6-4-10(9)15)12-14-7-11(13)17-12/h7,9-10H,2-6,8,13H2,1H3. The van der Waals surface area contributed by atoms with E-state index >= 15 is 0 Å². The van der Waals surface area contributed by atoms with Gasteiger partial charge in [-0.15, -0.1) is 0 Å². The number of thiazole rings is 1. The number of fused-ring (bicyclic) bond motifs is 1. The van der Waals surface area contributed by atoms with Crippen molar-refractivity contribution in [2.24, 2.45) is 5.92 Å². The number of piperidine rings is 2. The summed E-state index contributed by atoms with van der Waals surface area (Å²) < 4.78 is 0. The van der Waals surface area contributed by atoms with Crippen molar-refractivity contribution in [3.63, 3.8) is 0 Å². The molecule has 0 amide bonds. The summed E-state index contributed by atoms with van der Waals surface area (Å²) in [7, 11) is 2.27. The van der Waals surface area contributed by atoms with Crippen LogP contribution in [0.15, 0.2) is 6.20 Å². The van der Waals surface area contributed by atoms with E-state index in [1.165, 1.54) is 25.8 Å². The van der Waals surface area contributed by atoms with Crippen LogP contribution in [0.25, 0.3) is 0 Å². The molecule has 2 N–H and O–H groups in total. The van der Waals surface area contributed by atoms with E-state index < -0.39 is 0 Å². The summed E-state index contributed by atoms with van der Waals surface area (Å²) in [4.78, 5) is 9.36. The van der Waals surface area contributed by atoms with E-state index in [0.717, 1.165) is 35.2 Å². The largest absolute Gasteiger partial charge is 0.389 e.